The van der Waals surface area contributed by atoms with Crippen LogP contribution in [0.3, 0.4) is 0 Å². The Bertz CT molecular complexity index is 1270. The Kier molecular flexibility index (Phi) is 7.76. The van der Waals surface area contributed by atoms with Crippen molar-refractivity contribution in [1.29, 1.82) is 5.26 Å². The van der Waals surface area contributed by atoms with Gasteiger partial charge in [0.2, 0.25) is 0 Å². The minimum Gasteiger partial charge on any atom is -0.490 e. The van der Waals surface area contributed by atoms with E-state index in [9.17, 15) is 10.1 Å². The molecule has 2 heterocycles. The maximum atomic E-state index is 12.8. The first-order chi connectivity index (χ1) is 17.1. The highest BCUT2D eigenvalue weighted by atomic mass is 16.5. The fourth-order valence-corrected chi connectivity index (χ4v) is 3.97. The third-order valence-electron chi connectivity index (χ3n) is 5.76. The average molecular weight is 469 g/mol. The Morgan fingerprint density at radius 1 is 1.34 bits per heavy atom. The fourth-order valence-electron chi connectivity index (χ4n) is 3.97. The van der Waals surface area contributed by atoms with E-state index in [1.165, 1.54) is 0 Å². The summed E-state index contributed by atoms with van der Waals surface area (Å²) in [4.78, 5) is 12.8. The summed E-state index contributed by atoms with van der Waals surface area (Å²) >= 11 is 0. The van der Waals surface area contributed by atoms with Crippen molar-refractivity contribution in [2.24, 2.45) is 0 Å². The number of ether oxygens (including phenoxy) is 2. The van der Waals surface area contributed by atoms with E-state index >= 15 is 0 Å². The molecule has 0 bridgehead atoms. The molecule has 1 saturated heterocycles. The van der Waals surface area contributed by atoms with E-state index in [-0.39, 0.29) is 11.7 Å². The number of aryl methyl sites for hydroxylation is 1. The van der Waals surface area contributed by atoms with Crippen LogP contribution in [-0.2, 0) is 9.53 Å². The second-order valence-electron chi connectivity index (χ2n) is 8.30. The zero-order valence-corrected chi connectivity index (χ0v) is 19.7. The van der Waals surface area contributed by atoms with Crippen LogP contribution in [0.5, 0.6) is 5.75 Å². The van der Waals surface area contributed by atoms with Gasteiger partial charge in [0, 0.05) is 30.5 Å². The van der Waals surface area contributed by atoms with Crippen LogP contribution in [-0.4, -0.2) is 41.6 Å². The Hall–Kier alpha value is -4.15. The molecule has 2 aromatic carbocycles. The number of para-hydroxylation sites is 1. The Labute approximate surface area is 205 Å². The van der Waals surface area contributed by atoms with E-state index in [1.54, 1.807) is 16.8 Å². The van der Waals surface area contributed by atoms with Crippen LogP contribution < -0.4 is 10.1 Å². The van der Waals surface area contributed by atoms with Crippen LogP contribution in [0.25, 0.3) is 23.0 Å². The quantitative estimate of drug-likeness (QED) is 0.281. The molecule has 0 saturated carbocycles. The number of aromatic nitrogens is 2. The molecule has 1 aliphatic heterocycles. The first-order valence-electron chi connectivity index (χ1n) is 11.6. The molecule has 0 aliphatic carbocycles. The summed E-state index contributed by atoms with van der Waals surface area (Å²) < 4.78 is 13.0. The number of carbonyl (C=O) groups excluding carboxylic acids is 1. The molecule has 0 radical (unpaired) electrons. The lowest BCUT2D eigenvalue weighted by Gasteiger charge is -2.10. The Morgan fingerprint density at radius 2 is 2.17 bits per heavy atom. The first-order valence-corrected chi connectivity index (χ1v) is 11.6. The van der Waals surface area contributed by atoms with Gasteiger partial charge < -0.3 is 14.8 Å². The largest absolute Gasteiger partial charge is 0.490 e. The van der Waals surface area contributed by atoms with Crippen molar-refractivity contribution in [3.05, 3.63) is 84.1 Å². The number of nitriles is 1. The number of nitrogens with one attached hydrogen (secondary N) is 1. The van der Waals surface area contributed by atoms with Crippen molar-refractivity contribution in [2.75, 3.05) is 19.8 Å². The molecule has 3 aromatic rings. The van der Waals surface area contributed by atoms with Crippen LogP contribution in [0.2, 0.25) is 0 Å². The first kappa shape index (κ1) is 24.0. The molecule has 7 nitrogen and oxygen atoms in total. The van der Waals surface area contributed by atoms with Gasteiger partial charge in [0.15, 0.2) is 0 Å². The molecule has 1 amide bonds. The number of nitrogens with zero attached hydrogens (tertiary/aromatic N) is 3. The topological polar surface area (TPSA) is 89.2 Å². The molecule has 1 N–H and O–H groups in total. The number of carbonyl (C=O) groups is 1. The lowest BCUT2D eigenvalue weighted by Crippen LogP contribution is -2.32. The Morgan fingerprint density at radius 3 is 2.86 bits per heavy atom. The molecule has 1 aliphatic rings. The number of benzene rings is 2. The molecule has 7 heteroatoms. The standard InChI is InChI=1S/C28H28N4O3/c1-3-13-34-24-11-12-26(20(2)15-24)27-22(19-32(31-27)23-8-5-4-6-9-23)16-21(17-29)28(33)30-18-25-10-7-14-35-25/h3-6,8-9,11-12,15-16,19,25H,1,7,10,13-14,18H2,2H3,(H,30,33)/b21-16+/t25-/m1/s1. The maximum Gasteiger partial charge on any atom is 0.262 e. The summed E-state index contributed by atoms with van der Waals surface area (Å²) in [5.41, 5.74) is 4.07. The second kappa shape index (κ2) is 11.3. The van der Waals surface area contributed by atoms with Crippen molar-refractivity contribution in [3.63, 3.8) is 0 Å². The predicted octanol–water partition coefficient (Wildman–Crippen LogP) is 4.61. The van der Waals surface area contributed by atoms with E-state index in [2.05, 4.69) is 11.9 Å². The van der Waals surface area contributed by atoms with Gasteiger partial charge in [-0.05, 0) is 61.7 Å². The summed E-state index contributed by atoms with van der Waals surface area (Å²) in [5, 5.41) is 17.4. The van der Waals surface area contributed by atoms with E-state index in [1.807, 2.05) is 67.7 Å². The molecule has 178 valence electrons. The summed E-state index contributed by atoms with van der Waals surface area (Å²) in [6.45, 7) is 7.17. The molecule has 1 aromatic heterocycles. The van der Waals surface area contributed by atoms with Gasteiger partial charge in [-0.25, -0.2) is 4.68 Å². The molecular weight excluding hydrogens is 440 g/mol. The van der Waals surface area contributed by atoms with Crippen LogP contribution in [0.15, 0.2) is 73.0 Å². The predicted molar refractivity (Wildman–Crippen MR) is 135 cm³/mol. The molecule has 1 fully saturated rings. The third kappa shape index (κ3) is 5.86. The summed E-state index contributed by atoms with van der Waals surface area (Å²) in [5.74, 6) is 0.309. The van der Waals surface area contributed by atoms with Gasteiger partial charge in [-0.3, -0.25) is 4.79 Å². The van der Waals surface area contributed by atoms with Crippen molar-refractivity contribution >= 4 is 12.0 Å². The van der Waals surface area contributed by atoms with E-state index in [4.69, 9.17) is 14.6 Å². The fraction of sp³-hybridized carbons (Fsp3) is 0.250. The van der Waals surface area contributed by atoms with Gasteiger partial charge in [-0.15, -0.1) is 0 Å². The van der Waals surface area contributed by atoms with E-state index in [0.717, 1.165) is 35.4 Å². The summed E-state index contributed by atoms with van der Waals surface area (Å²) in [6.07, 6.45) is 7.01. The second-order valence-corrected chi connectivity index (χ2v) is 8.30. The van der Waals surface area contributed by atoms with Gasteiger partial charge in [0.05, 0.1) is 11.8 Å². The maximum absolute atomic E-state index is 12.8. The van der Waals surface area contributed by atoms with E-state index < -0.39 is 5.91 Å². The highest BCUT2D eigenvalue weighted by Gasteiger charge is 2.19. The van der Waals surface area contributed by atoms with E-state index in [0.29, 0.717) is 31.0 Å². The molecule has 0 unspecified atom stereocenters. The summed E-state index contributed by atoms with van der Waals surface area (Å²) in [6, 6.07) is 17.5. The lowest BCUT2D eigenvalue weighted by atomic mass is 10.0. The number of hydrogen-bond acceptors (Lipinski definition) is 5. The van der Waals surface area contributed by atoms with Gasteiger partial charge in [-0.1, -0.05) is 30.9 Å². The molecule has 1 atom stereocenters. The van der Waals surface area contributed by atoms with Crippen LogP contribution in [0, 0.1) is 18.3 Å². The van der Waals surface area contributed by atoms with Gasteiger partial charge in [0.1, 0.15) is 29.7 Å². The molecule has 35 heavy (non-hydrogen) atoms. The van der Waals surface area contributed by atoms with Crippen molar-refractivity contribution in [3.8, 4) is 28.8 Å². The Balaban J connectivity index is 1.69. The highest BCUT2D eigenvalue weighted by molar-refractivity contribution is 6.02. The minimum absolute atomic E-state index is 0.000225. The summed E-state index contributed by atoms with van der Waals surface area (Å²) in [7, 11) is 0. The third-order valence-corrected chi connectivity index (χ3v) is 5.76. The molecular formula is C28H28N4O3. The van der Waals surface area contributed by atoms with Gasteiger partial charge >= 0.3 is 0 Å². The van der Waals surface area contributed by atoms with Crippen LogP contribution in [0.1, 0.15) is 24.0 Å². The van der Waals surface area contributed by atoms with Crippen molar-refractivity contribution in [2.45, 2.75) is 25.9 Å². The minimum atomic E-state index is -0.425. The van der Waals surface area contributed by atoms with Gasteiger partial charge in [-0.2, -0.15) is 10.4 Å². The number of rotatable bonds is 9. The van der Waals surface area contributed by atoms with Crippen molar-refractivity contribution in [1.82, 2.24) is 15.1 Å². The molecule has 0 spiro atoms. The monoisotopic (exact) mass is 468 g/mol. The van der Waals surface area contributed by atoms with Gasteiger partial charge in [0.25, 0.3) is 5.91 Å². The smallest absolute Gasteiger partial charge is 0.262 e. The average Bonchev–Trinajstić information content (AvgIpc) is 3.55. The number of hydrogen-bond donors (Lipinski definition) is 1. The number of amides is 1. The molecule has 4 rings (SSSR count). The van der Waals surface area contributed by atoms with Crippen LogP contribution >= 0.6 is 0 Å². The zero-order valence-electron chi connectivity index (χ0n) is 19.7. The zero-order chi connectivity index (χ0) is 24.6. The van der Waals surface area contributed by atoms with Crippen molar-refractivity contribution < 1.29 is 14.3 Å². The van der Waals surface area contributed by atoms with Crippen LogP contribution in [0.4, 0.5) is 0 Å². The SMILES string of the molecule is C=CCOc1ccc(-c2nn(-c3ccccc3)cc2/C=C(\C#N)C(=O)NC[C@H]2CCCO2)c(C)c1. The normalized spacial score (nSPS) is 15.4. The lowest BCUT2D eigenvalue weighted by molar-refractivity contribution is -0.117. The highest BCUT2D eigenvalue weighted by Crippen LogP contribution is 2.30.